The molecule has 0 aromatic heterocycles. The molecule has 0 radical (unpaired) electrons. The Balaban J connectivity index is 4.65. The van der Waals surface area contributed by atoms with Gasteiger partial charge in [-0.05, 0) is 6.92 Å². The van der Waals surface area contributed by atoms with Crippen molar-refractivity contribution in [2.24, 2.45) is 0 Å². The first-order valence-corrected chi connectivity index (χ1v) is 5.78. The maximum atomic E-state index is 11.1. The lowest BCUT2D eigenvalue weighted by molar-refractivity contribution is -0.192. The van der Waals surface area contributed by atoms with Crippen LogP contribution >= 0.6 is 7.82 Å². The van der Waals surface area contributed by atoms with Crippen molar-refractivity contribution in [3.63, 3.8) is 0 Å². The van der Waals surface area contributed by atoms with Gasteiger partial charge >= 0.3 is 13.8 Å². The molecule has 0 aromatic carbocycles. The van der Waals surface area contributed by atoms with Crippen molar-refractivity contribution in [3.8, 4) is 0 Å². The van der Waals surface area contributed by atoms with E-state index in [1.54, 1.807) is 6.92 Å². The van der Waals surface area contributed by atoms with Crippen LogP contribution < -0.4 is 0 Å². The van der Waals surface area contributed by atoms with Crippen LogP contribution in [0.4, 0.5) is 0 Å². The second-order valence-electron chi connectivity index (χ2n) is 3.24. The number of carbonyl (C=O) groups is 1. The summed E-state index contributed by atoms with van der Waals surface area (Å²) in [6.45, 7) is 7.61. The number of carbonyl (C=O) groups excluding carboxylic acids is 1. The fourth-order valence-electron chi connectivity index (χ4n) is 0.690. The lowest BCUT2D eigenvalue weighted by atomic mass is 10.2. The van der Waals surface area contributed by atoms with Gasteiger partial charge in [0.05, 0.1) is 0 Å². The molecular weight excluding hydrogens is 223 g/mol. The van der Waals surface area contributed by atoms with Gasteiger partial charge in [-0.3, -0.25) is 0 Å². The molecule has 0 aliphatic carbocycles. The van der Waals surface area contributed by atoms with Gasteiger partial charge in [0.25, 0.3) is 0 Å². The summed E-state index contributed by atoms with van der Waals surface area (Å²) in [6.07, 6.45) is 0.108. The Kier molecular flexibility index (Phi) is 4.67. The van der Waals surface area contributed by atoms with E-state index >= 15 is 0 Å². The molecule has 2 N–H and O–H groups in total. The Bertz CT molecular complexity index is 306. The van der Waals surface area contributed by atoms with E-state index in [2.05, 4.69) is 11.1 Å². The first-order chi connectivity index (χ1) is 6.59. The Hall–Kier alpha value is -0.680. The van der Waals surface area contributed by atoms with E-state index in [9.17, 15) is 9.36 Å². The van der Waals surface area contributed by atoms with Crippen LogP contribution in [0, 0.1) is 0 Å². The van der Waals surface area contributed by atoms with Crippen LogP contribution in [0.3, 0.4) is 0 Å². The molecule has 88 valence electrons. The number of phosphoric ester groups is 1. The van der Waals surface area contributed by atoms with E-state index in [-0.39, 0.29) is 12.0 Å². The first kappa shape index (κ1) is 14.3. The standard InChI is InChI=1S/C8H15O6P/c1-5-8(4,14-15(10,11)12)13-7(9)6(2)3/h2,5H2,1,3-4H3,(H2,10,11,12). The summed E-state index contributed by atoms with van der Waals surface area (Å²) in [5.41, 5.74) is 0.129. The molecule has 0 saturated heterocycles. The predicted molar refractivity (Wildman–Crippen MR) is 52.7 cm³/mol. The minimum atomic E-state index is -4.70. The minimum absolute atomic E-state index is 0.108. The summed E-state index contributed by atoms with van der Waals surface area (Å²) in [6, 6.07) is 0. The molecule has 0 saturated carbocycles. The molecule has 0 bridgehead atoms. The van der Waals surface area contributed by atoms with Crippen LogP contribution in [-0.4, -0.2) is 21.5 Å². The molecule has 0 rings (SSSR count). The first-order valence-electron chi connectivity index (χ1n) is 4.25. The van der Waals surface area contributed by atoms with Crippen LogP contribution in [-0.2, 0) is 18.6 Å². The fraction of sp³-hybridized carbons (Fsp3) is 0.625. The Morgan fingerprint density at radius 3 is 2.27 bits per heavy atom. The molecule has 15 heavy (non-hydrogen) atoms. The summed E-state index contributed by atoms with van der Waals surface area (Å²) < 4.78 is 19.8. The number of phosphoric acid groups is 1. The van der Waals surface area contributed by atoms with Gasteiger partial charge in [0, 0.05) is 18.9 Å². The van der Waals surface area contributed by atoms with Crippen molar-refractivity contribution in [3.05, 3.63) is 12.2 Å². The van der Waals surface area contributed by atoms with E-state index < -0.39 is 19.6 Å². The fourth-order valence-corrected chi connectivity index (χ4v) is 1.36. The zero-order valence-corrected chi connectivity index (χ0v) is 9.78. The van der Waals surface area contributed by atoms with Gasteiger partial charge in [0.2, 0.25) is 5.79 Å². The molecule has 6 nitrogen and oxygen atoms in total. The van der Waals surface area contributed by atoms with Crippen molar-refractivity contribution in [1.29, 1.82) is 0 Å². The Morgan fingerprint density at radius 2 is 2.00 bits per heavy atom. The van der Waals surface area contributed by atoms with E-state index in [1.807, 2.05) is 0 Å². The van der Waals surface area contributed by atoms with E-state index in [0.29, 0.717) is 0 Å². The molecular formula is C8H15O6P. The van der Waals surface area contributed by atoms with Crippen molar-refractivity contribution >= 4 is 13.8 Å². The molecule has 0 aromatic rings. The average Bonchev–Trinajstić information content (AvgIpc) is 2.00. The molecule has 0 aliphatic rings. The highest BCUT2D eigenvalue weighted by Gasteiger charge is 2.35. The van der Waals surface area contributed by atoms with Gasteiger partial charge in [-0.1, -0.05) is 13.5 Å². The number of rotatable bonds is 5. The summed E-state index contributed by atoms with van der Waals surface area (Å²) in [7, 11) is -4.70. The highest BCUT2D eigenvalue weighted by molar-refractivity contribution is 7.46. The van der Waals surface area contributed by atoms with Gasteiger partial charge in [-0.2, -0.15) is 0 Å². The lowest BCUT2D eigenvalue weighted by Gasteiger charge is -2.28. The quantitative estimate of drug-likeness (QED) is 0.325. The highest BCUT2D eigenvalue weighted by atomic mass is 31.2. The number of hydrogen-bond acceptors (Lipinski definition) is 4. The molecule has 0 fully saturated rings. The SMILES string of the molecule is C=C(C)C(=O)OC(C)(CC)OP(=O)(O)O. The van der Waals surface area contributed by atoms with Gasteiger partial charge in [0.15, 0.2) is 0 Å². The second kappa shape index (κ2) is 4.90. The van der Waals surface area contributed by atoms with Gasteiger partial charge in [0.1, 0.15) is 0 Å². The zero-order chi connectivity index (χ0) is 12.3. The minimum Gasteiger partial charge on any atom is -0.429 e. The van der Waals surface area contributed by atoms with Crippen LogP contribution in [0.2, 0.25) is 0 Å². The Morgan fingerprint density at radius 1 is 1.53 bits per heavy atom. The number of hydrogen-bond donors (Lipinski definition) is 2. The molecule has 1 unspecified atom stereocenters. The van der Waals surface area contributed by atoms with Crippen LogP contribution in [0.1, 0.15) is 27.2 Å². The summed E-state index contributed by atoms with van der Waals surface area (Å²) in [4.78, 5) is 28.4. The molecule has 1 atom stereocenters. The van der Waals surface area contributed by atoms with Crippen molar-refractivity contribution in [2.75, 3.05) is 0 Å². The molecule has 0 heterocycles. The Labute approximate surface area is 88.1 Å². The topological polar surface area (TPSA) is 93.1 Å². The van der Waals surface area contributed by atoms with E-state index in [4.69, 9.17) is 14.5 Å². The maximum absolute atomic E-state index is 11.1. The third kappa shape index (κ3) is 5.69. The van der Waals surface area contributed by atoms with Crippen molar-refractivity contribution < 1.29 is 28.4 Å². The molecule has 0 spiro atoms. The largest absolute Gasteiger partial charge is 0.472 e. The summed E-state index contributed by atoms with van der Waals surface area (Å²) >= 11 is 0. The molecule has 7 heteroatoms. The maximum Gasteiger partial charge on any atom is 0.472 e. The van der Waals surface area contributed by atoms with Gasteiger partial charge in [-0.25, -0.2) is 13.9 Å². The highest BCUT2D eigenvalue weighted by Crippen LogP contribution is 2.43. The molecule has 0 amide bonds. The molecule has 0 aliphatic heterocycles. The predicted octanol–water partition coefficient (Wildman–Crippen LogP) is 1.34. The summed E-state index contributed by atoms with van der Waals surface area (Å²) in [5.74, 6) is -2.40. The third-order valence-electron chi connectivity index (χ3n) is 1.61. The summed E-state index contributed by atoms with van der Waals surface area (Å²) in [5, 5.41) is 0. The number of esters is 1. The normalized spacial score (nSPS) is 15.5. The van der Waals surface area contributed by atoms with Crippen molar-refractivity contribution in [2.45, 2.75) is 33.0 Å². The van der Waals surface area contributed by atoms with E-state index in [1.165, 1.54) is 13.8 Å². The zero-order valence-electron chi connectivity index (χ0n) is 8.89. The smallest absolute Gasteiger partial charge is 0.429 e. The lowest BCUT2D eigenvalue weighted by Crippen LogP contribution is -2.33. The van der Waals surface area contributed by atoms with Gasteiger partial charge < -0.3 is 14.5 Å². The average molecular weight is 238 g/mol. The van der Waals surface area contributed by atoms with Crippen LogP contribution in [0.25, 0.3) is 0 Å². The second-order valence-corrected chi connectivity index (χ2v) is 4.40. The third-order valence-corrected chi connectivity index (χ3v) is 2.24. The number of ether oxygens (including phenoxy) is 1. The van der Waals surface area contributed by atoms with Gasteiger partial charge in [-0.15, -0.1) is 0 Å². The van der Waals surface area contributed by atoms with Crippen molar-refractivity contribution in [1.82, 2.24) is 0 Å². The van der Waals surface area contributed by atoms with E-state index in [0.717, 1.165) is 0 Å². The van der Waals surface area contributed by atoms with Crippen LogP contribution in [0.5, 0.6) is 0 Å². The van der Waals surface area contributed by atoms with Crippen LogP contribution in [0.15, 0.2) is 12.2 Å². The monoisotopic (exact) mass is 238 g/mol.